The summed E-state index contributed by atoms with van der Waals surface area (Å²) in [5, 5.41) is 7.84. The smallest absolute Gasteiger partial charge is 0.0560 e. The Hall–Kier alpha value is -1.26. The molecule has 3 nitrogen and oxygen atoms in total. The Morgan fingerprint density at radius 3 is 2.58 bits per heavy atom. The molecule has 1 heterocycles. The molecule has 19 heavy (non-hydrogen) atoms. The van der Waals surface area contributed by atoms with Crippen LogP contribution in [0.15, 0.2) is 47.6 Å². The van der Waals surface area contributed by atoms with Crippen LogP contribution in [0.5, 0.6) is 0 Å². The second kappa shape index (κ2) is 6.78. The highest BCUT2D eigenvalue weighted by Crippen LogP contribution is 2.19. The standard InChI is InChI=1S/C15H21N3S/c1-12(11-18-10-4-9-16-18)17-13(2)14-5-7-15(19-3)8-6-14/h4-10,12-13,17H,11H2,1-3H3. The van der Waals surface area contributed by atoms with Crippen LogP contribution < -0.4 is 5.32 Å². The van der Waals surface area contributed by atoms with Gasteiger partial charge in [0.15, 0.2) is 0 Å². The summed E-state index contributed by atoms with van der Waals surface area (Å²) in [7, 11) is 0. The van der Waals surface area contributed by atoms with Gasteiger partial charge in [-0.25, -0.2) is 0 Å². The predicted molar refractivity (Wildman–Crippen MR) is 81.5 cm³/mol. The Morgan fingerprint density at radius 1 is 1.26 bits per heavy atom. The van der Waals surface area contributed by atoms with Crippen LogP contribution in [-0.4, -0.2) is 22.1 Å². The topological polar surface area (TPSA) is 29.9 Å². The SMILES string of the molecule is CSc1ccc(C(C)NC(C)Cn2cccn2)cc1. The molecule has 0 aliphatic carbocycles. The van der Waals surface area contributed by atoms with E-state index in [1.807, 2.05) is 23.1 Å². The van der Waals surface area contributed by atoms with Crippen LogP contribution in [0.1, 0.15) is 25.5 Å². The summed E-state index contributed by atoms with van der Waals surface area (Å²) < 4.78 is 1.96. The third-order valence-electron chi connectivity index (χ3n) is 3.17. The lowest BCUT2D eigenvalue weighted by molar-refractivity contribution is 0.413. The lowest BCUT2D eigenvalue weighted by Gasteiger charge is -2.20. The first-order chi connectivity index (χ1) is 9.19. The molecule has 2 unspecified atom stereocenters. The molecule has 0 saturated heterocycles. The van der Waals surface area contributed by atoms with E-state index in [1.165, 1.54) is 10.5 Å². The van der Waals surface area contributed by atoms with Crippen molar-refractivity contribution in [3.05, 3.63) is 48.3 Å². The van der Waals surface area contributed by atoms with Gasteiger partial charge in [-0.15, -0.1) is 11.8 Å². The largest absolute Gasteiger partial charge is 0.306 e. The van der Waals surface area contributed by atoms with Crippen molar-refractivity contribution < 1.29 is 0 Å². The van der Waals surface area contributed by atoms with E-state index in [2.05, 4.69) is 54.8 Å². The molecule has 0 amide bonds. The molecule has 0 aliphatic heterocycles. The number of nitrogens with zero attached hydrogens (tertiary/aromatic N) is 2. The van der Waals surface area contributed by atoms with E-state index in [-0.39, 0.29) is 0 Å². The van der Waals surface area contributed by atoms with Crippen molar-refractivity contribution in [2.75, 3.05) is 6.26 Å². The zero-order valence-corrected chi connectivity index (χ0v) is 12.5. The van der Waals surface area contributed by atoms with Crippen LogP contribution in [0, 0.1) is 0 Å². The molecule has 0 bridgehead atoms. The molecule has 1 N–H and O–H groups in total. The van der Waals surface area contributed by atoms with Gasteiger partial charge in [0.2, 0.25) is 0 Å². The fraction of sp³-hybridized carbons (Fsp3) is 0.400. The quantitative estimate of drug-likeness (QED) is 0.820. The maximum Gasteiger partial charge on any atom is 0.0560 e. The molecule has 102 valence electrons. The molecule has 2 atom stereocenters. The monoisotopic (exact) mass is 275 g/mol. The Balaban J connectivity index is 1.90. The minimum absolute atomic E-state index is 0.349. The molecule has 2 rings (SSSR count). The zero-order chi connectivity index (χ0) is 13.7. The van der Waals surface area contributed by atoms with E-state index in [1.54, 1.807) is 11.8 Å². The number of aromatic nitrogens is 2. The third kappa shape index (κ3) is 4.11. The van der Waals surface area contributed by atoms with Gasteiger partial charge in [0.25, 0.3) is 0 Å². The van der Waals surface area contributed by atoms with Crippen LogP contribution >= 0.6 is 11.8 Å². The minimum atomic E-state index is 0.349. The first kappa shape index (κ1) is 14.2. The lowest BCUT2D eigenvalue weighted by Crippen LogP contribution is -2.32. The summed E-state index contributed by atoms with van der Waals surface area (Å²) in [6.45, 7) is 5.28. The summed E-state index contributed by atoms with van der Waals surface area (Å²) in [5.74, 6) is 0. The maximum absolute atomic E-state index is 4.23. The first-order valence-electron chi connectivity index (χ1n) is 6.56. The van der Waals surface area contributed by atoms with Crippen molar-refractivity contribution >= 4 is 11.8 Å². The number of rotatable bonds is 6. The number of nitrogens with one attached hydrogen (secondary N) is 1. The average Bonchev–Trinajstić information content (AvgIpc) is 2.91. The van der Waals surface area contributed by atoms with Crippen molar-refractivity contribution in [3.63, 3.8) is 0 Å². The molecule has 0 spiro atoms. The van der Waals surface area contributed by atoms with Gasteiger partial charge in [0.1, 0.15) is 0 Å². The van der Waals surface area contributed by atoms with E-state index >= 15 is 0 Å². The van der Waals surface area contributed by atoms with Crippen LogP contribution in [0.4, 0.5) is 0 Å². The maximum atomic E-state index is 4.23. The highest BCUT2D eigenvalue weighted by molar-refractivity contribution is 7.98. The Kier molecular flexibility index (Phi) is 5.05. The Morgan fingerprint density at radius 2 is 2.00 bits per heavy atom. The Bertz CT molecular complexity index is 479. The number of hydrogen-bond acceptors (Lipinski definition) is 3. The average molecular weight is 275 g/mol. The zero-order valence-electron chi connectivity index (χ0n) is 11.7. The molecular formula is C15H21N3S. The predicted octanol–water partition coefficient (Wildman–Crippen LogP) is 3.34. The summed E-state index contributed by atoms with van der Waals surface area (Å²) in [5.41, 5.74) is 1.32. The summed E-state index contributed by atoms with van der Waals surface area (Å²) in [4.78, 5) is 1.31. The second-order valence-corrected chi connectivity index (χ2v) is 5.67. The van der Waals surface area contributed by atoms with Crippen molar-refractivity contribution in [1.29, 1.82) is 0 Å². The van der Waals surface area contributed by atoms with E-state index in [0.717, 1.165) is 6.54 Å². The lowest BCUT2D eigenvalue weighted by atomic mass is 10.1. The highest BCUT2D eigenvalue weighted by atomic mass is 32.2. The van der Waals surface area contributed by atoms with Gasteiger partial charge in [-0.05, 0) is 43.9 Å². The molecule has 0 aliphatic rings. The number of benzene rings is 1. The van der Waals surface area contributed by atoms with Gasteiger partial charge in [-0.3, -0.25) is 4.68 Å². The van der Waals surface area contributed by atoms with Gasteiger partial charge < -0.3 is 5.32 Å². The van der Waals surface area contributed by atoms with Crippen LogP contribution in [0.3, 0.4) is 0 Å². The first-order valence-corrected chi connectivity index (χ1v) is 7.79. The summed E-state index contributed by atoms with van der Waals surface area (Å²) >= 11 is 1.77. The van der Waals surface area contributed by atoms with E-state index in [4.69, 9.17) is 0 Å². The molecule has 1 aromatic heterocycles. The molecular weight excluding hydrogens is 254 g/mol. The van der Waals surface area contributed by atoms with Gasteiger partial charge >= 0.3 is 0 Å². The summed E-state index contributed by atoms with van der Waals surface area (Å²) in [6.07, 6.45) is 5.91. The third-order valence-corrected chi connectivity index (χ3v) is 3.91. The van der Waals surface area contributed by atoms with Crippen molar-refractivity contribution in [3.8, 4) is 0 Å². The van der Waals surface area contributed by atoms with Crippen LogP contribution in [-0.2, 0) is 6.54 Å². The number of thioether (sulfide) groups is 1. The van der Waals surface area contributed by atoms with Gasteiger partial charge in [0, 0.05) is 29.4 Å². The van der Waals surface area contributed by atoms with Crippen molar-refractivity contribution in [2.45, 2.75) is 37.4 Å². The van der Waals surface area contributed by atoms with Crippen LogP contribution in [0.2, 0.25) is 0 Å². The molecule has 0 fully saturated rings. The molecule has 0 saturated carbocycles. The fourth-order valence-electron chi connectivity index (χ4n) is 2.16. The van der Waals surface area contributed by atoms with Gasteiger partial charge in [-0.2, -0.15) is 5.10 Å². The van der Waals surface area contributed by atoms with Gasteiger partial charge in [0.05, 0.1) is 6.54 Å². The van der Waals surface area contributed by atoms with Crippen LogP contribution in [0.25, 0.3) is 0 Å². The normalized spacial score (nSPS) is 14.3. The van der Waals surface area contributed by atoms with Crippen molar-refractivity contribution in [2.24, 2.45) is 0 Å². The Labute approximate surface area is 119 Å². The van der Waals surface area contributed by atoms with Gasteiger partial charge in [-0.1, -0.05) is 12.1 Å². The van der Waals surface area contributed by atoms with E-state index < -0.39 is 0 Å². The highest BCUT2D eigenvalue weighted by Gasteiger charge is 2.10. The molecule has 4 heteroatoms. The molecule has 2 aromatic rings. The molecule has 0 radical (unpaired) electrons. The summed E-state index contributed by atoms with van der Waals surface area (Å²) in [6, 6.07) is 11.4. The minimum Gasteiger partial charge on any atom is -0.306 e. The fourth-order valence-corrected chi connectivity index (χ4v) is 2.57. The van der Waals surface area contributed by atoms with E-state index in [0.29, 0.717) is 12.1 Å². The van der Waals surface area contributed by atoms with Crippen molar-refractivity contribution in [1.82, 2.24) is 15.1 Å². The van der Waals surface area contributed by atoms with E-state index in [9.17, 15) is 0 Å². The second-order valence-electron chi connectivity index (χ2n) is 4.79. The molecule has 1 aromatic carbocycles. The number of hydrogen-bond donors (Lipinski definition) is 1.